The van der Waals surface area contributed by atoms with Crippen LogP contribution >= 0.6 is 0 Å². The summed E-state index contributed by atoms with van der Waals surface area (Å²) >= 11 is 0. The Bertz CT molecular complexity index is 253. The lowest BCUT2D eigenvalue weighted by atomic mass is 9.85. The normalized spacial score (nSPS) is 30.2. The van der Waals surface area contributed by atoms with E-state index in [9.17, 15) is 5.11 Å². The zero-order chi connectivity index (χ0) is 13.7. The number of aliphatic hydroxyl groups is 1. The molecule has 2 rings (SSSR count). The summed E-state index contributed by atoms with van der Waals surface area (Å²) in [7, 11) is 2.23. The molecule has 1 saturated carbocycles. The number of aliphatic hydroxyl groups excluding tert-OH is 1. The smallest absolute Gasteiger partial charge is 0.0695 e. The van der Waals surface area contributed by atoms with Crippen molar-refractivity contribution in [1.82, 2.24) is 9.80 Å². The van der Waals surface area contributed by atoms with Gasteiger partial charge in [0.15, 0.2) is 0 Å². The van der Waals surface area contributed by atoms with Crippen LogP contribution in [-0.2, 0) is 0 Å². The second kappa shape index (κ2) is 7.61. The van der Waals surface area contributed by atoms with Crippen LogP contribution in [0.2, 0.25) is 0 Å². The van der Waals surface area contributed by atoms with E-state index in [0.717, 1.165) is 19.6 Å². The molecular formula is C16H32N2O. The van der Waals surface area contributed by atoms with Gasteiger partial charge < -0.3 is 10.0 Å². The number of β-amino-alcohol motifs (C(OH)–C–C–N with tert-alkyl or cyclic N) is 1. The van der Waals surface area contributed by atoms with Crippen LogP contribution in [0.15, 0.2) is 0 Å². The standard InChI is InChI=1S/C16H32N2O/c1-3-15-12-17(2)10-7-11-18(15)13-16(19)14-8-5-4-6-9-14/h14-16,19H,3-13H2,1-2H3. The molecule has 2 aliphatic rings. The number of hydrogen-bond acceptors (Lipinski definition) is 3. The van der Waals surface area contributed by atoms with E-state index in [1.165, 1.54) is 51.5 Å². The van der Waals surface area contributed by atoms with Gasteiger partial charge >= 0.3 is 0 Å². The summed E-state index contributed by atoms with van der Waals surface area (Å²) in [5.41, 5.74) is 0. The van der Waals surface area contributed by atoms with Gasteiger partial charge in [0.2, 0.25) is 0 Å². The fourth-order valence-corrected chi connectivity index (χ4v) is 3.83. The molecule has 1 heterocycles. The topological polar surface area (TPSA) is 26.7 Å². The monoisotopic (exact) mass is 268 g/mol. The molecule has 0 aromatic heterocycles. The second-order valence-corrected chi connectivity index (χ2v) is 6.64. The molecule has 1 saturated heterocycles. The maximum absolute atomic E-state index is 10.5. The lowest BCUT2D eigenvalue weighted by molar-refractivity contribution is 0.0332. The fraction of sp³-hybridized carbons (Fsp3) is 1.00. The molecule has 2 unspecified atom stereocenters. The average Bonchev–Trinajstić information content (AvgIpc) is 2.61. The van der Waals surface area contributed by atoms with Crippen molar-refractivity contribution in [3.8, 4) is 0 Å². The number of nitrogens with zero attached hydrogens (tertiary/aromatic N) is 2. The molecule has 0 aromatic rings. The Labute approximate surface area is 119 Å². The zero-order valence-electron chi connectivity index (χ0n) is 12.9. The minimum Gasteiger partial charge on any atom is -0.392 e. The molecule has 1 N–H and O–H groups in total. The van der Waals surface area contributed by atoms with E-state index in [2.05, 4.69) is 23.8 Å². The van der Waals surface area contributed by atoms with Crippen LogP contribution in [0, 0.1) is 5.92 Å². The van der Waals surface area contributed by atoms with Crippen LogP contribution in [0.1, 0.15) is 51.9 Å². The predicted molar refractivity (Wildman–Crippen MR) is 80.3 cm³/mol. The quantitative estimate of drug-likeness (QED) is 0.848. The van der Waals surface area contributed by atoms with Gasteiger partial charge in [-0.2, -0.15) is 0 Å². The van der Waals surface area contributed by atoms with Crippen molar-refractivity contribution in [2.24, 2.45) is 5.92 Å². The van der Waals surface area contributed by atoms with Gasteiger partial charge in [0.25, 0.3) is 0 Å². The third-order valence-electron chi connectivity index (χ3n) is 5.11. The minimum absolute atomic E-state index is 0.0993. The molecule has 1 aliphatic carbocycles. The molecule has 0 spiro atoms. The number of hydrogen-bond donors (Lipinski definition) is 1. The van der Waals surface area contributed by atoms with E-state index in [1.54, 1.807) is 0 Å². The van der Waals surface area contributed by atoms with E-state index in [0.29, 0.717) is 12.0 Å². The van der Waals surface area contributed by atoms with Crippen molar-refractivity contribution < 1.29 is 5.11 Å². The van der Waals surface area contributed by atoms with Gasteiger partial charge in [-0.1, -0.05) is 26.2 Å². The van der Waals surface area contributed by atoms with Crippen LogP contribution in [0.4, 0.5) is 0 Å². The Hall–Kier alpha value is -0.120. The van der Waals surface area contributed by atoms with E-state index >= 15 is 0 Å². The van der Waals surface area contributed by atoms with Gasteiger partial charge in [-0.25, -0.2) is 0 Å². The molecule has 3 heteroatoms. The highest BCUT2D eigenvalue weighted by molar-refractivity contribution is 4.82. The summed E-state index contributed by atoms with van der Waals surface area (Å²) in [6.07, 6.45) is 8.83. The van der Waals surface area contributed by atoms with Crippen molar-refractivity contribution in [3.63, 3.8) is 0 Å². The molecule has 0 amide bonds. The molecule has 2 fully saturated rings. The first kappa shape index (κ1) is 15.3. The van der Waals surface area contributed by atoms with Crippen LogP contribution in [0.25, 0.3) is 0 Å². The molecule has 0 aromatic carbocycles. The summed E-state index contributed by atoms with van der Waals surface area (Å²) in [4.78, 5) is 5.00. The summed E-state index contributed by atoms with van der Waals surface area (Å²) in [5.74, 6) is 0.562. The van der Waals surface area contributed by atoms with Crippen molar-refractivity contribution in [2.45, 2.75) is 64.0 Å². The Morgan fingerprint density at radius 1 is 1.11 bits per heavy atom. The maximum atomic E-state index is 10.5. The van der Waals surface area contributed by atoms with Crippen LogP contribution in [0.3, 0.4) is 0 Å². The molecular weight excluding hydrogens is 236 g/mol. The Balaban J connectivity index is 1.87. The molecule has 112 valence electrons. The first-order chi connectivity index (χ1) is 9.20. The minimum atomic E-state index is -0.0993. The zero-order valence-corrected chi connectivity index (χ0v) is 12.9. The van der Waals surface area contributed by atoms with E-state index in [1.807, 2.05) is 0 Å². The fourth-order valence-electron chi connectivity index (χ4n) is 3.83. The van der Waals surface area contributed by atoms with Crippen LogP contribution < -0.4 is 0 Å². The van der Waals surface area contributed by atoms with Gasteiger partial charge in [-0.3, -0.25) is 4.90 Å². The van der Waals surface area contributed by atoms with Crippen molar-refractivity contribution in [2.75, 3.05) is 33.2 Å². The Morgan fingerprint density at radius 2 is 1.84 bits per heavy atom. The largest absolute Gasteiger partial charge is 0.392 e. The van der Waals surface area contributed by atoms with Gasteiger partial charge in [-0.15, -0.1) is 0 Å². The lowest BCUT2D eigenvalue weighted by Gasteiger charge is -2.35. The van der Waals surface area contributed by atoms with E-state index < -0.39 is 0 Å². The van der Waals surface area contributed by atoms with E-state index in [4.69, 9.17) is 0 Å². The predicted octanol–water partition coefficient (Wildman–Crippen LogP) is 2.34. The summed E-state index contributed by atoms with van der Waals surface area (Å²) < 4.78 is 0. The third-order valence-corrected chi connectivity index (χ3v) is 5.11. The maximum Gasteiger partial charge on any atom is 0.0695 e. The number of rotatable bonds is 4. The van der Waals surface area contributed by atoms with Crippen molar-refractivity contribution in [1.29, 1.82) is 0 Å². The van der Waals surface area contributed by atoms with Crippen LogP contribution in [-0.4, -0.2) is 60.3 Å². The van der Waals surface area contributed by atoms with Crippen molar-refractivity contribution >= 4 is 0 Å². The first-order valence-electron chi connectivity index (χ1n) is 8.31. The summed E-state index contributed by atoms with van der Waals surface area (Å²) in [5, 5.41) is 10.5. The SMILES string of the molecule is CCC1CN(C)CCCN1CC(O)C1CCCCC1. The van der Waals surface area contributed by atoms with Gasteiger partial charge in [0, 0.05) is 19.1 Å². The summed E-state index contributed by atoms with van der Waals surface area (Å²) in [6.45, 7) is 6.70. The Kier molecular flexibility index (Phi) is 6.11. The second-order valence-electron chi connectivity index (χ2n) is 6.64. The van der Waals surface area contributed by atoms with Gasteiger partial charge in [-0.05, 0) is 51.7 Å². The molecule has 0 bridgehead atoms. The van der Waals surface area contributed by atoms with Crippen molar-refractivity contribution in [3.05, 3.63) is 0 Å². The molecule has 2 atom stereocenters. The average molecular weight is 268 g/mol. The molecule has 19 heavy (non-hydrogen) atoms. The number of likely N-dealkylation sites (N-methyl/N-ethyl adjacent to an activating group) is 1. The molecule has 3 nitrogen and oxygen atoms in total. The van der Waals surface area contributed by atoms with Gasteiger partial charge in [0.1, 0.15) is 0 Å². The first-order valence-corrected chi connectivity index (χ1v) is 8.31. The Morgan fingerprint density at radius 3 is 2.53 bits per heavy atom. The molecule has 0 radical (unpaired) electrons. The summed E-state index contributed by atoms with van der Waals surface area (Å²) in [6, 6.07) is 0.630. The lowest BCUT2D eigenvalue weighted by Crippen LogP contribution is -2.45. The third kappa shape index (κ3) is 4.44. The highest BCUT2D eigenvalue weighted by Gasteiger charge is 2.28. The van der Waals surface area contributed by atoms with Gasteiger partial charge in [0.05, 0.1) is 6.10 Å². The molecule has 1 aliphatic heterocycles. The highest BCUT2D eigenvalue weighted by Crippen LogP contribution is 2.27. The highest BCUT2D eigenvalue weighted by atomic mass is 16.3. The van der Waals surface area contributed by atoms with Crippen LogP contribution in [0.5, 0.6) is 0 Å². The van der Waals surface area contributed by atoms with E-state index in [-0.39, 0.29) is 6.10 Å².